The van der Waals surface area contributed by atoms with Gasteiger partial charge in [0.1, 0.15) is 5.75 Å². The number of phenolic OH excluding ortho intramolecular Hbond substituents is 1. The first-order valence-electron chi connectivity index (χ1n) is 7.50. The van der Waals surface area contributed by atoms with Gasteiger partial charge >= 0.3 is 5.69 Å². The van der Waals surface area contributed by atoms with Crippen LogP contribution in [0.5, 0.6) is 5.75 Å². The van der Waals surface area contributed by atoms with Crippen molar-refractivity contribution in [3.8, 4) is 17.0 Å². The van der Waals surface area contributed by atoms with Crippen LogP contribution in [0.25, 0.3) is 22.3 Å². The lowest BCUT2D eigenvalue weighted by molar-refractivity contribution is 0.471. The zero-order valence-electron chi connectivity index (χ0n) is 12.5. The van der Waals surface area contributed by atoms with E-state index in [0.717, 1.165) is 29.5 Å². The molecule has 1 aliphatic carbocycles. The number of aromatic hydroxyl groups is 1. The van der Waals surface area contributed by atoms with Gasteiger partial charge in [-0.1, -0.05) is 0 Å². The number of aryl methyl sites for hydroxylation is 1. The highest BCUT2D eigenvalue weighted by Gasteiger charge is 2.27. The highest BCUT2D eigenvalue weighted by molar-refractivity contribution is 5.82. The third-order valence-electron chi connectivity index (χ3n) is 4.24. The molecule has 0 unspecified atom stereocenters. The fourth-order valence-electron chi connectivity index (χ4n) is 2.85. The Hall–Kier alpha value is -2.89. The Balaban J connectivity index is 2.03. The second-order valence-corrected chi connectivity index (χ2v) is 6.00. The highest BCUT2D eigenvalue weighted by Crippen LogP contribution is 2.43. The summed E-state index contributed by atoms with van der Waals surface area (Å²) in [6, 6.07) is 7.15. The topological polar surface area (TPSA) is 98.8 Å². The maximum absolute atomic E-state index is 12.1. The predicted octanol–water partition coefficient (Wildman–Crippen LogP) is 2.17. The van der Waals surface area contributed by atoms with Gasteiger partial charge in [0.15, 0.2) is 5.52 Å². The Morgan fingerprint density at radius 3 is 2.65 bits per heavy atom. The van der Waals surface area contributed by atoms with Crippen molar-refractivity contribution in [1.82, 2.24) is 15.0 Å². The van der Waals surface area contributed by atoms with E-state index in [-0.39, 0.29) is 11.3 Å². The molecule has 0 atom stereocenters. The molecular weight excluding hydrogens is 294 g/mol. The molecule has 0 aliphatic heterocycles. The summed E-state index contributed by atoms with van der Waals surface area (Å²) in [7, 11) is 0. The van der Waals surface area contributed by atoms with Crippen molar-refractivity contribution in [2.24, 2.45) is 0 Å². The molecule has 23 heavy (non-hydrogen) atoms. The Kier molecular flexibility index (Phi) is 2.87. The SMILES string of the molecule is Cc1cc(-c2cc(C3CC3)c3[nH]c(=O)[nH]c(=O)c3n2)ccc1O. The maximum atomic E-state index is 12.1. The van der Waals surface area contributed by atoms with Crippen molar-refractivity contribution in [3.63, 3.8) is 0 Å². The molecule has 1 saturated carbocycles. The summed E-state index contributed by atoms with van der Waals surface area (Å²) in [5.74, 6) is 0.578. The van der Waals surface area contributed by atoms with Crippen molar-refractivity contribution in [2.75, 3.05) is 0 Å². The number of benzene rings is 1. The molecular formula is C17H15N3O3. The lowest BCUT2D eigenvalue weighted by Crippen LogP contribution is -2.23. The molecule has 3 N–H and O–H groups in total. The molecule has 4 rings (SSSR count). The minimum absolute atomic E-state index is 0.221. The summed E-state index contributed by atoms with van der Waals surface area (Å²) in [5.41, 5.74) is 2.97. The van der Waals surface area contributed by atoms with E-state index in [9.17, 15) is 14.7 Å². The van der Waals surface area contributed by atoms with Gasteiger partial charge in [0.05, 0.1) is 11.2 Å². The smallest absolute Gasteiger partial charge is 0.326 e. The molecule has 1 fully saturated rings. The predicted molar refractivity (Wildman–Crippen MR) is 86.8 cm³/mol. The van der Waals surface area contributed by atoms with E-state index in [1.54, 1.807) is 12.1 Å². The van der Waals surface area contributed by atoms with Crippen LogP contribution in [0.4, 0.5) is 0 Å². The first kappa shape index (κ1) is 13.8. The summed E-state index contributed by atoms with van der Waals surface area (Å²) in [6.07, 6.45) is 2.09. The number of aromatic nitrogens is 3. The van der Waals surface area contributed by atoms with E-state index in [2.05, 4.69) is 15.0 Å². The number of aromatic amines is 2. The van der Waals surface area contributed by atoms with Crippen LogP contribution in [0.3, 0.4) is 0 Å². The van der Waals surface area contributed by atoms with Gasteiger partial charge in [0, 0.05) is 5.56 Å². The maximum Gasteiger partial charge on any atom is 0.326 e. The molecule has 0 amide bonds. The van der Waals surface area contributed by atoms with Crippen molar-refractivity contribution in [2.45, 2.75) is 25.7 Å². The lowest BCUT2D eigenvalue weighted by Gasteiger charge is -2.09. The van der Waals surface area contributed by atoms with E-state index in [4.69, 9.17) is 0 Å². The van der Waals surface area contributed by atoms with Crippen LogP contribution in [0.1, 0.15) is 29.9 Å². The van der Waals surface area contributed by atoms with Gasteiger partial charge in [-0.05, 0) is 61.1 Å². The Bertz CT molecular complexity index is 1050. The Morgan fingerprint density at radius 1 is 1.17 bits per heavy atom. The molecule has 1 aromatic carbocycles. The second-order valence-electron chi connectivity index (χ2n) is 6.00. The number of pyridine rings is 1. The van der Waals surface area contributed by atoms with Gasteiger partial charge in [0.2, 0.25) is 0 Å². The van der Waals surface area contributed by atoms with Crippen LogP contribution in [-0.2, 0) is 0 Å². The average molecular weight is 309 g/mol. The largest absolute Gasteiger partial charge is 0.508 e. The molecule has 0 saturated heterocycles. The number of nitrogens with zero attached hydrogens (tertiary/aromatic N) is 1. The van der Waals surface area contributed by atoms with E-state index in [1.165, 1.54) is 0 Å². The lowest BCUT2D eigenvalue weighted by atomic mass is 10.0. The third-order valence-corrected chi connectivity index (χ3v) is 4.24. The Morgan fingerprint density at radius 2 is 1.96 bits per heavy atom. The molecule has 6 nitrogen and oxygen atoms in total. The minimum atomic E-state index is -0.514. The first-order valence-corrected chi connectivity index (χ1v) is 7.50. The number of rotatable bonds is 2. The fraction of sp³-hybridized carbons (Fsp3) is 0.235. The summed E-state index contributed by atoms with van der Waals surface area (Å²) in [5, 5.41) is 9.67. The van der Waals surface area contributed by atoms with Crippen molar-refractivity contribution in [1.29, 1.82) is 0 Å². The van der Waals surface area contributed by atoms with Gasteiger partial charge < -0.3 is 10.1 Å². The number of nitrogens with one attached hydrogen (secondary N) is 2. The van der Waals surface area contributed by atoms with E-state index in [1.807, 2.05) is 19.1 Å². The van der Waals surface area contributed by atoms with Crippen LogP contribution in [0, 0.1) is 6.92 Å². The number of H-pyrrole nitrogens is 2. The van der Waals surface area contributed by atoms with Crippen LogP contribution < -0.4 is 11.2 Å². The van der Waals surface area contributed by atoms with Crippen molar-refractivity contribution >= 4 is 11.0 Å². The monoisotopic (exact) mass is 309 g/mol. The van der Waals surface area contributed by atoms with Crippen LogP contribution in [0.2, 0.25) is 0 Å². The zero-order chi connectivity index (χ0) is 16.1. The molecule has 1 aliphatic rings. The first-order chi connectivity index (χ1) is 11.0. The molecule has 3 aromatic rings. The van der Waals surface area contributed by atoms with Crippen LogP contribution >= 0.6 is 0 Å². The Labute approximate surface area is 130 Å². The molecule has 116 valence electrons. The number of fused-ring (bicyclic) bond motifs is 1. The zero-order valence-corrected chi connectivity index (χ0v) is 12.5. The molecule has 2 heterocycles. The van der Waals surface area contributed by atoms with Crippen molar-refractivity contribution < 1.29 is 5.11 Å². The normalized spacial score (nSPS) is 14.3. The number of phenols is 1. The quantitative estimate of drug-likeness (QED) is 0.675. The van der Waals surface area contributed by atoms with Gasteiger partial charge in [-0.2, -0.15) is 0 Å². The third kappa shape index (κ3) is 2.32. The fourth-order valence-corrected chi connectivity index (χ4v) is 2.85. The van der Waals surface area contributed by atoms with Gasteiger partial charge in [-0.25, -0.2) is 9.78 Å². The van der Waals surface area contributed by atoms with Gasteiger partial charge in [0.25, 0.3) is 5.56 Å². The molecule has 0 spiro atoms. The van der Waals surface area contributed by atoms with E-state index < -0.39 is 11.2 Å². The van der Waals surface area contributed by atoms with Gasteiger partial charge in [-0.15, -0.1) is 0 Å². The standard InChI is InChI=1S/C17H15N3O3/c1-8-6-10(4-5-13(8)21)12-7-11(9-2-3-9)14-15(18-12)16(22)20-17(23)19-14/h4-7,9,21H,2-3H2,1H3,(H2,19,20,22,23). The molecule has 0 bridgehead atoms. The summed E-state index contributed by atoms with van der Waals surface area (Å²) in [6.45, 7) is 1.81. The molecule has 6 heteroatoms. The van der Waals surface area contributed by atoms with E-state index in [0.29, 0.717) is 17.1 Å². The molecule has 2 aromatic heterocycles. The molecule has 0 radical (unpaired) electrons. The highest BCUT2D eigenvalue weighted by atomic mass is 16.3. The van der Waals surface area contributed by atoms with Crippen LogP contribution in [0.15, 0.2) is 33.9 Å². The van der Waals surface area contributed by atoms with E-state index >= 15 is 0 Å². The second kappa shape index (κ2) is 4.81. The average Bonchev–Trinajstić information content (AvgIpc) is 3.34. The van der Waals surface area contributed by atoms with Crippen molar-refractivity contribution in [3.05, 3.63) is 56.2 Å². The summed E-state index contributed by atoms with van der Waals surface area (Å²) < 4.78 is 0. The number of hydrogen-bond acceptors (Lipinski definition) is 4. The number of hydrogen-bond donors (Lipinski definition) is 3. The van der Waals surface area contributed by atoms with Gasteiger partial charge in [-0.3, -0.25) is 9.78 Å². The summed E-state index contributed by atoms with van der Waals surface area (Å²) in [4.78, 5) is 33.1. The van der Waals surface area contributed by atoms with Crippen LogP contribution in [-0.4, -0.2) is 20.1 Å². The summed E-state index contributed by atoms with van der Waals surface area (Å²) >= 11 is 0. The minimum Gasteiger partial charge on any atom is -0.508 e.